The normalized spacial score (nSPS) is 11.0. The number of aliphatic imine (C=N–C) groups is 1. The van der Waals surface area contributed by atoms with Gasteiger partial charge in [-0.05, 0) is 43.7 Å². The van der Waals surface area contributed by atoms with Gasteiger partial charge in [0.25, 0.3) is 0 Å². The summed E-state index contributed by atoms with van der Waals surface area (Å²) in [5, 5.41) is 0. The zero-order valence-corrected chi connectivity index (χ0v) is 11.0. The van der Waals surface area contributed by atoms with Gasteiger partial charge in [-0.1, -0.05) is 6.07 Å². The fourth-order valence-electron chi connectivity index (χ4n) is 1.56. The molecule has 0 spiro atoms. The van der Waals surface area contributed by atoms with E-state index in [1.165, 1.54) is 10.4 Å². The van der Waals surface area contributed by atoms with Crippen molar-refractivity contribution in [2.45, 2.75) is 13.8 Å². The Morgan fingerprint density at radius 3 is 2.65 bits per heavy atom. The van der Waals surface area contributed by atoms with Gasteiger partial charge in [0.2, 0.25) is 0 Å². The molecule has 0 aliphatic heterocycles. The summed E-state index contributed by atoms with van der Waals surface area (Å²) < 4.78 is 5.28. The maximum absolute atomic E-state index is 5.28. The minimum atomic E-state index is 0.806. The number of aryl methyl sites for hydroxylation is 2. The van der Waals surface area contributed by atoms with Gasteiger partial charge in [0, 0.05) is 16.0 Å². The fraction of sp³-hybridized carbons (Fsp3) is 0.214. The lowest BCUT2D eigenvalue weighted by atomic mass is 10.2. The lowest BCUT2D eigenvalue weighted by molar-refractivity contribution is 0.416. The first kappa shape index (κ1) is 11.9. The van der Waals surface area contributed by atoms with Crippen molar-refractivity contribution in [3.05, 3.63) is 45.6 Å². The highest BCUT2D eigenvalue weighted by molar-refractivity contribution is 7.13. The Bertz CT molecular complexity index is 543. The van der Waals surface area contributed by atoms with Gasteiger partial charge < -0.3 is 4.74 Å². The van der Waals surface area contributed by atoms with E-state index >= 15 is 0 Å². The molecule has 3 heteroatoms. The minimum absolute atomic E-state index is 0.806. The lowest BCUT2D eigenvalue weighted by Gasteiger charge is -2.04. The van der Waals surface area contributed by atoms with Gasteiger partial charge in [-0.3, -0.25) is 4.99 Å². The van der Waals surface area contributed by atoms with Crippen LogP contribution in [0.4, 0.5) is 5.69 Å². The molecule has 2 aromatic rings. The highest BCUT2D eigenvalue weighted by Crippen LogP contribution is 2.28. The molecule has 1 heterocycles. The van der Waals surface area contributed by atoms with Gasteiger partial charge in [0.15, 0.2) is 0 Å². The van der Waals surface area contributed by atoms with Crippen LogP contribution in [0.3, 0.4) is 0 Å². The number of benzene rings is 1. The summed E-state index contributed by atoms with van der Waals surface area (Å²) in [4.78, 5) is 6.93. The van der Waals surface area contributed by atoms with Gasteiger partial charge in [0.1, 0.15) is 11.4 Å². The van der Waals surface area contributed by atoms with E-state index in [-0.39, 0.29) is 0 Å². The first-order valence-corrected chi connectivity index (χ1v) is 6.26. The first-order valence-electron chi connectivity index (χ1n) is 5.44. The third-order valence-corrected chi connectivity index (χ3v) is 3.36. The topological polar surface area (TPSA) is 21.6 Å². The highest BCUT2D eigenvalue weighted by Gasteiger charge is 2.00. The van der Waals surface area contributed by atoms with E-state index in [1.807, 2.05) is 31.3 Å². The smallest absolute Gasteiger partial charge is 0.144 e. The molecule has 0 aliphatic carbocycles. The Kier molecular flexibility index (Phi) is 3.59. The van der Waals surface area contributed by atoms with E-state index in [0.717, 1.165) is 16.3 Å². The van der Waals surface area contributed by atoms with Gasteiger partial charge in [-0.25, -0.2) is 0 Å². The zero-order valence-electron chi connectivity index (χ0n) is 10.2. The van der Waals surface area contributed by atoms with Crippen LogP contribution in [0.15, 0.2) is 35.3 Å². The summed E-state index contributed by atoms with van der Waals surface area (Å²) in [5.74, 6) is 0.806. The minimum Gasteiger partial charge on any atom is -0.494 e. The molecule has 1 aromatic heterocycles. The van der Waals surface area contributed by atoms with Crippen LogP contribution in [0, 0.1) is 13.8 Å². The van der Waals surface area contributed by atoms with Crippen LogP contribution in [0.25, 0.3) is 0 Å². The number of nitrogens with zero attached hydrogens (tertiary/aromatic N) is 1. The van der Waals surface area contributed by atoms with Crippen molar-refractivity contribution in [1.29, 1.82) is 0 Å². The zero-order chi connectivity index (χ0) is 12.3. The van der Waals surface area contributed by atoms with Crippen LogP contribution in [0.5, 0.6) is 5.75 Å². The number of ether oxygens (including phenoxy) is 1. The third kappa shape index (κ3) is 2.94. The second-order valence-corrected chi connectivity index (χ2v) is 5.20. The summed E-state index contributed by atoms with van der Waals surface area (Å²) in [5.41, 5.74) is 2.05. The Morgan fingerprint density at radius 1 is 1.18 bits per heavy atom. The average molecular weight is 245 g/mol. The van der Waals surface area contributed by atoms with Crippen molar-refractivity contribution in [2.24, 2.45) is 4.99 Å². The molecule has 88 valence electrons. The maximum Gasteiger partial charge on any atom is 0.144 e. The van der Waals surface area contributed by atoms with Gasteiger partial charge in [-0.2, -0.15) is 0 Å². The van der Waals surface area contributed by atoms with Crippen molar-refractivity contribution in [1.82, 2.24) is 0 Å². The lowest BCUT2D eigenvalue weighted by Crippen LogP contribution is -1.84. The predicted molar refractivity (Wildman–Crippen MR) is 74.0 cm³/mol. The van der Waals surface area contributed by atoms with E-state index in [4.69, 9.17) is 4.74 Å². The van der Waals surface area contributed by atoms with Crippen LogP contribution in [-0.2, 0) is 0 Å². The van der Waals surface area contributed by atoms with Gasteiger partial charge in [-0.15, -0.1) is 11.3 Å². The van der Waals surface area contributed by atoms with E-state index in [9.17, 15) is 0 Å². The monoisotopic (exact) mass is 245 g/mol. The number of rotatable bonds is 3. The average Bonchev–Trinajstić information content (AvgIpc) is 2.73. The van der Waals surface area contributed by atoms with Crippen molar-refractivity contribution in [3.8, 4) is 5.75 Å². The van der Waals surface area contributed by atoms with Crippen LogP contribution in [0.1, 0.15) is 15.3 Å². The van der Waals surface area contributed by atoms with Gasteiger partial charge in [0.05, 0.1) is 7.11 Å². The fourth-order valence-corrected chi connectivity index (χ4v) is 2.31. The van der Waals surface area contributed by atoms with Crippen LogP contribution < -0.4 is 4.74 Å². The number of methoxy groups -OCH3 is 1. The van der Waals surface area contributed by atoms with E-state index in [1.54, 1.807) is 18.4 Å². The number of thiophene rings is 1. The molecule has 0 saturated carbocycles. The summed E-state index contributed by atoms with van der Waals surface area (Å²) in [6, 6.07) is 10.2. The summed E-state index contributed by atoms with van der Waals surface area (Å²) in [7, 11) is 1.67. The van der Waals surface area contributed by atoms with Crippen LogP contribution >= 0.6 is 11.3 Å². The van der Waals surface area contributed by atoms with Crippen molar-refractivity contribution >= 4 is 23.2 Å². The Balaban J connectivity index is 2.28. The van der Waals surface area contributed by atoms with Crippen molar-refractivity contribution in [2.75, 3.05) is 7.11 Å². The third-order valence-electron chi connectivity index (χ3n) is 2.43. The molecule has 0 N–H and O–H groups in total. The van der Waals surface area contributed by atoms with Crippen LogP contribution in [-0.4, -0.2) is 13.3 Å². The summed E-state index contributed by atoms with van der Waals surface area (Å²) in [6.07, 6.45) is 1.88. The molecular weight excluding hydrogens is 230 g/mol. The molecular formula is C14H15NOS. The highest BCUT2D eigenvalue weighted by atomic mass is 32.1. The number of hydrogen-bond acceptors (Lipinski definition) is 3. The molecule has 0 aliphatic rings. The standard InChI is InChI=1S/C14H15NOS/c1-10-4-7-14(16-3)13(8-10)15-9-12-6-5-11(2)17-12/h4-9H,1-3H3. The molecule has 0 amide bonds. The Hall–Kier alpha value is -1.61. The molecule has 0 unspecified atom stereocenters. The largest absolute Gasteiger partial charge is 0.494 e. The predicted octanol–water partition coefficient (Wildman–Crippen LogP) is 4.12. The molecule has 2 rings (SSSR count). The number of hydrogen-bond donors (Lipinski definition) is 0. The molecule has 0 radical (unpaired) electrons. The molecule has 0 saturated heterocycles. The first-order chi connectivity index (χ1) is 8.19. The van der Waals surface area contributed by atoms with Crippen molar-refractivity contribution < 1.29 is 4.74 Å². The maximum atomic E-state index is 5.28. The molecule has 0 bridgehead atoms. The van der Waals surface area contributed by atoms with Gasteiger partial charge >= 0.3 is 0 Å². The van der Waals surface area contributed by atoms with E-state index < -0.39 is 0 Å². The van der Waals surface area contributed by atoms with Crippen molar-refractivity contribution in [3.63, 3.8) is 0 Å². The van der Waals surface area contributed by atoms with E-state index in [0.29, 0.717) is 0 Å². The van der Waals surface area contributed by atoms with E-state index in [2.05, 4.69) is 24.0 Å². The Labute approximate surface area is 106 Å². The molecule has 17 heavy (non-hydrogen) atoms. The second kappa shape index (κ2) is 5.15. The summed E-state index contributed by atoms with van der Waals surface area (Å²) in [6.45, 7) is 4.14. The Morgan fingerprint density at radius 2 is 2.00 bits per heavy atom. The molecule has 0 atom stereocenters. The molecule has 0 fully saturated rings. The SMILES string of the molecule is COc1ccc(C)cc1N=Cc1ccc(C)s1. The molecule has 2 nitrogen and oxygen atoms in total. The molecule has 1 aromatic carbocycles. The summed E-state index contributed by atoms with van der Waals surface area (Å²) >= 11 is 1.73. The quantitative estimate of drug-likeness (QED) is 0.745. The second-order valence-electron chi connectivity index (χ2n) is 3.88. The van der Waals surface area contributed by atoms with Crippen LogP contribution in [0.2, 0.25) is 0 Å².